The minimum Gasteiger partial charge on any atom is -0.360 e. The molecule has 0 unspecified atom stereocenters. The fourth-order valence-corrected chi connectivity index (χ4v) is 1.95. The summed E-state index contributed by atoms with van der Waals surface area (Å²) in [7, 11) is 0. The summed E-state index contributed by atoms with van der Waals surface area (Å²) in [6, 6.07) is 3.85. The van der Waals surface area contributed by atoms with Crippen LogP contribution in [0.4, 0.5) is 8.78 Å². The summed E-state index contributed by atoms with van der Waals surface area (Å²) in [5, 5.41) is 4.05. The fraction of sp³-hybridized carbons (Fsp3) is 0.100. The van der Waals surface area contributed by atoms with Crippen molar-refractivity contribution < 1.29 is 13.3 Å². The van der Waals surface area contributed by atoms with Crippen molar-refractivity contribution in [1.82, 2.24) is 5.16 Å². The average Bonchev–Trinajstić information content (AvgIpc) is 2.64. The Morgan fingerprint density at radius 2 is 1.81 bits per heavy atom. The number of hydrogen-bond donors (Lipinski definition) is 0. The second-order valence-corrected chi connectivity index (χ2v) is 4.53. The van der Waals surface area contributed by atoms with Crippen molar-refractivity contribution >= 4 is 31.9 Å². The van der Waals surface area contributed by atoms with E-state index in [-0.39, 0.29) is 11.3 Å². The van der Waals surface area contributed by atoms with E-state index in [9.17, 15) is 8.78 Å². The Morgan fingerprint density at radius 1 is 1.19 bits per heavy atom. The molecule has 1 heterocycles. The Balaban J connectivity index is 2.55. The second-order valence-electron chi connectivity index (χ2n) is 3.06. The van der Waals surface area contributed by atoms with Crippen LogP contribution in [-0.2, 0) is 5.33 Å². The van der Waals surface area contributed by atoms with Crippen LogP contribution < -0.4 is 0 Å². The van der Waals surface area contributed by atoms with Gasteiger partial charge >= 0.3 is 0 Å². The summed E-state index contributed by atoms with van der Waals surface area (Å²) >= 11 is 6.17. The van der Waals surface area contributed by atoms with Crippen LogP contribution in [0.25, 0.3) is 11.3 Å². The number of rotatable bonds is 2. The lowest BCUT2D eigenvalue weighted by atomic mass is 10.1. The molecule has 1 aromatic carbocycles. The number of hydrogen-bond acceptors (Lipinski definition) is 2. The molecular weight excluding hydrogens is 348 g/mol. The third-order valence-electron chi connectivity index (χ3n) is 1.95. The van der Waals surface area contributed by atoms with Crippen molar-refractivity contribution in [1.29, 1.82) is 0 Å². The van der Waals surface area contributed by atoms with Gasteiger partial charge in [0, 0.05) is 10.5 Å². The largest absolute Gasteiger partial charge is 0.360 e. The van der Waals surface area contributed by atoms with Crippen LogP contribution in [0.2, 0.25) is 0 Å². The normalized spacial score (nSPS) is 10.8. The van der Waals surface area contributed by atoms with E-state index in [0.29, 0.717) is 15.6 Å². The highest BCUT2D eigenvalue weighted by Crippen LogP contribution is 2.28. The predicted octanol–water partition coefficient (Wildman–Crippen LogP) is 4.28. The Labute approximate surface area is 107 Å². The van der Waals surface area contributed by atoms with Crippen LogP contribution in [0, 0.1) is 11.6 Å². The molecule has 2 rings (SSSR count). The predicted molar refractivity (Wildman–Crippen MR) is 62.2 cm³/mol. The van der Waals surface area contributed by atoms with E-state index in [0.717, 1.165) is 0 Å². The lowest BCUT2D eigenvalue weighted by molar-refractivity contribution is 0.397. The van der Waals surface area contributed by atoms with Gasteiger partial charge in [-0.05, 0) is 12.1 Å². The molecule has 0 bridgehead atoms. The highest BCUT2D eigenvalue weighted by Gasteiger charge is 2.16. The monoisotopic (exact) mass is 351 g/mol. The molecule has 2 nitrogen and oxygen atoms in total. The Morgan fingerprint density at radius 3 is 2.31 bits per heavy atom. The summed E-state index contributed by atoms with van der Waals surface area (Å²) in [5.41, 5.74) is -0.0314. The molecule has 0 N–H and O–H groups in total. The summed E-state index contributed by atoms with van der Waals surface area (Å²) in [4.78, 5) is 0. The summed E-state index contributed by atoms with van der Waals surface area (Å²) in [5.74, 6) is -0.848. The third-order valence-corrected chi connectivity index (χ3v) is 2.96. The first-order chi connectivity index (χ1) is 7.61. The molecule has 6 heteroatoms. The summed E-state index contributed by atoms with van der Waals surface area (Å²) in [6.07, 6.45) is 0. The molecule has 1 aromatic heterocycles. The van der Waals surface area contributed by atoms with Crippen LogP contribution in [0.3, 0.4) is 0 Å². The van der Waals surface area contributed by atoms with E-state index >= 15 is 0 Å². The Kier molecular flexibility index (Phi) is 3.39. The van der Waals surface area contributed by atoms with Crippen LogP contribution in [0.1, 0.15) is 5.76 Å². The first-order valence-electron chi connectivity index (χ1n) is 4.28. The summed E-state index contributed by atoms with van der Waals surface area (Å²) < 4.78 is 32.3. The van der Waals surface area contributed by atoms with Gasteiger partial charge in [-0.2, -0.15) is 0 Å². The zero-order valence-electron chi connectivity index (χ0n) is 7.81. The lowest BCUT2D eigenvalue weighted by Gasteiger charge is -2.01. The molecule has 0 atom stereocenters. The first-order valence-corrected chi connectivity index (χ1v) is 6.19. The molecule has 84 valence electrons. The van der Waals surface area contributed by atoms with Gasteiger partial charge in [-0.15, -0.1) is 0 Å². The number of halogens is 4. The smallest absolute Gasteiger partial charge is 0.147 e. The number of aromatic nitrogens is 1. The molecule has 0 aliphatic rings. The van der Waals surface area contributed by atoms with E-state index in [1.54, 1.807) is 0 Å². The standard InChI is InChI=1S/C10H5Br2F2NO/c11-4-6-3-9(15-16-6)10-7(13)1-5(12)2-8(10)14/h1-3H,4H2. The zero-order valence-corrected chi connectivity index (χ0v) is 11.0. The van der Waals surface area contributed by atoms with Gasteiger partial charge < -0.3 is 4.52 Å². The Hall–Kier alpha value is -0.750. The van der Waals surface area contributed by atoms with E-state index in [4.69, 9.17) is 4.52 Å². The number of alkyl halides is 1. The van der Waals surface area contributed by atoms with Gasteiger partial charge in [-0.25, -0.2) is 8.78 Å². The SMILES string of the molecule is Fc1cc(Br)cc(F)c1-c1cc(CBr)on1. The van der Waals surface area contributed by atoms with E-state index in [1.165, 1.54) is 18.2 Å². The topological polar surface area (TPSA) is 26.0 Å². The molecule has 0 aliphatic carbocycles. The highest BCUT2D eigenvalue weighted by atomic mass is 79.9. The maximum atomic E-state index is 13.5. The first kappa shape index (κ1) is 11.7. The average molecular weight is 353 g/mol. The maximum Gasteiger partial charge on any atom is 0.147 e. The van der Waals surface area contributed by atoms with Crippen LogP contribution in [0.5, 0.6) is 0 Å². The maximum absolute atomic E-state index is 13.5. The van der Waals surface area contributed by atoms with Gasteiger partial charge in [0.1, 0.15) is 23.1 Å². The van der Waals surface area contributed by atoms with Crippen molar-refractivity contribution in [2.75, 3.05) is 0 Å². The van der Waals surface area contributed by atoms with Crippen molar-refractivity contribution in [3.8, 4) is 11.3 Å². The van der Waals surface area contributed by atoms with Crippen molar-refractivity contribution in [3.63, 3.8) is 0 Å². The Bertz CT molecular complexity index is 504. The van der Waals surface area contributed by atoms with Crippen LogP contribution in [-0.4, -0.2) is 5.16 Å². The lowest BCUT2D eigenvalue weighted by Crippen LogP contribution is -1.90. The summed E-state index contributed by atoms with van der Waals surface area (Å²) in [6.45, 7) is 0. The number of benzene rings is 1. The molecule has 0 amide bonds. The molecule has 0 saturated heterocycles. The van der Waals surface area contributed by atoms with Gasteiger partial charge in [0.15, 0.2) is 0 Å². The molecule has 0 saturated carbocycles. The molecule has 0 spiro atoms. The zero-order chi connectivity index (χ0) is 11.7. The van der Waals surface area contributed by atoms with Crippen LogP contribution in [0.15, 0.2) is 27.2 Å². The van der Waals surface area contributed by atoms with E-state index in [1.807, 2.05) is 0 Å². The minimum atomic E-state index is -0.679. The fourth-order valence-electron chi connectivity index (χ4n) is 1.28. The third kappa shape index (κ3) is 2.17. The van der Waals surface area contributed by atoms with Crippen molar-refractivity contribution in [2.24, 2.45) is 0 Å². The van der Waals surface area contributed by atoms with Crippen molar-refractivity contribution in [2.45, 2.75) is 5.33 Å². The van der Waals surface area contributed by atoms with E-state index < -0.39 is 11.6 Å². The van der Waals surface area contributed by atoms with Gasteiger partial charge in [0.2, 0.25) is 0 Å². The van der Waals surface area contributed by atoms with E-state index in [2.05, 4.69) is 37.0 Å². The second kappa shape index (κ2) is 4.63. The molecule has 16 heavy (non-hydrogen) atoms. The number of nitrogens with zero attached hydrogens (tertiary/aromatic N) is 1. The van der Waals surface area contributed by atoms with Gasteiger partial charge in [-0.1, -0.05) is 37.0 Å². The molecular formula is C10H5Br2F2NO. The van der Waals surface area contributed by atoms with Gasteiger partial charge in [0.25, 0.3) is 0 Å². The van der Waals surface area contributed by atoms with Crippen LogP contribution >= 0.6 is 31.9 Å². The minimum absolute atomic E-state index is 0.150. The quantitative estimate of drug-likeness (QED) is 0.754. The molecule has 2 aromatic rings. The molecule has 0 fully saturated rings. The van der Waals surface area contributed by atoms with Crippen molar-refractivity contribution in [3.05, 3.63) is 40.1 Å². The highest BCUT2D eigenvalue weighted by molar-refractivity contribution is 9.10. The van der Waals surface area contributed by atoms with Gasteiger partial charge in [0.05, 0.1) is 10.9 Å². The molecule has 0 aliphatic heterocycles. The van der Waals surface area contributed by atoms with Gasteiger partial charge in [-0.3, -0.25) is 0 Å². The molecule has 0 radical (unpaired) electrons.